The second-order valence-electron chi connectivity index (χ2n) is 10.6. The van der Waals surface area contributed by atoms with Gasteiger partial charge < -0.3 is 10.6 Å². The molecule has 39 heavy (non-hydrogen) atoms. The van der Waals surface area contributed by atoms with Crippen LogP contribution in [0.25, 0.3) is 5.65 Å². The molecule has 3 aromatic heterocycles. The quantitative estimate of drug-likeness (QED) is 0.411. The van der Waals surface area contributed by atoms with Crippen LogP contribution in [0.5, 0.6) is 0 Å². The normalized spacial score (nSPS) is 18.7. The molecule has 9 nitrogen and oxygen atoms in total. The molecule has 204 valence electrons. The lowest BCUT2D eigenvalue weighted by Crippen LogP contribution is -2.37. The smallest absolute Gasteiger partial charge is 0.270 e. The molecular formula is C28H31F2N7O2. The average molecular weight is 536 g/mol. The van der Waals surface area contributed by atoms with Crippen LogP contribution in [0.3, 0.4) is 0 Å². The van der Waals surface area contributed by atoms with Crippen LogP contribution in [0.4, 0.5) is 8.78 Å². The maximum absolute atomic E-state index is 14.0. The van der Waals surface area contributed by atoms with E-state index in [4.69, 9.17) is 4.98 Å². The Labute approximate surface area is 225 Å². The molecule has 5 rings (SSSR count). The van der Waals surface area contributed by atoms with E-state index in [1.54, 1.807) is 16.9 Å². The summed E-state index contributed by atoms with van der Waals surface area (Å²) in [6.07, 6.45) is 8.03. The molecule has 0 aliphatic heterocycles. The molecule has 2 fully saturated rings. The monoisotopic (exact) mass is 535 g/mol. The van der Waals surface area contributed by atoms with Crippen molar-refractivity contribution >= 4 is 17.5 Å². The van der Waals surface area contributed by atoms with Crippen molar-refractivity contribution in [1.29, 1.82) is 5.26 Å². The van der Waals surface area contributed by atoms with Crippen LogP contribution >= 0.6 is 0 Å². The second kappa shape index (κ2) is 11.0. The first-order valence-electron chi connectivity index (χ1n) is 13.5. The minimum atomic E-state index is -2.72. The standard InChI is InChI=1S/C28H31F2N7O2/c1-2-3-24(38)35-25(18-4-5-18)20-13-23-34-22(16-37(23)33-15-20)26(19-6-9-28(29,30)10-7-19)36-27(39)21-12-17(14-31)8-11-32-21/h8,11-13,15-16,18-19,25-26H,2-7,9-10H2,1H3,(H,35,38)(H,36,39)/t25-,26+/m1/s1. The van der Waals surface area contributed by atoms with Crippen molar-refractivity contribution in [2.45, 2.75) is 76.3 Å². The van der Waals surface area contributed by atoms with Gasteiger partial charge in [-0.3, -0.25) is 14.6 Å². The highest BCUT2D eigenvalue weighted by molar-refractivity contribution is 5.92. The number of rotatable bonds is 9. The van der Waals surface area contributed by atoms with Gasteiger partial charge in [0.15, 0.2) is 5.65 Å². The van der Waals surface area contributed by atoms with Gasteiger partial charge in [-0.2, -0.15) is 10.4 Å². The third-order valence-electron chi connectivity index (χ3n) is 7.57. The Balaban J connectivity index is 1.44. The van der Waals surface area contributed by atoms with Crippen LogP contribution in [0.15, 0.2) is 36.8 Å². The van der Waals surface area contributed by atoms with Gasteiger partial charge >= 0.3 is 0 Å². The van der Waals surface area contributed by atoms with E-state index in [1.807, 2.05) is 19.1 Å². The summed E-state index contributed by atoms with van der Waals surface area (Å²) in [4.78, 5) is 34.3. The number of hydrogen-bond acceptors (Lipinski definition) is 6. The van der Waals surface area contributed by atoms with Crippen LogP contribution in [-0.2, 0) is 4.79 Å². The second-order valence-corrected chi connectivity index (χ2v) is 10.6. The highest BCUT2D eigenvalue weighted by atomic mass is 19.3. The Kier molecular flexibility index (Phi) is 7.55. The molecule has 2 N–H and O–H groups in total. The molecule has 2 amide bonds. The predicted molar refractivity (Wildman–Crippen MR) is 138 cm³/mol. The van der Waals surface area contributed by atoms with E-state index in [1.165, 1.54) is 18.3 Å². The number of alkyl halides is 2. The van der Waals surface area contributed by atoms with Gasteiger partial charge in [0.2, 0.25) is 11.8 Å². The summed E-state index contributed by atoms with van der Waals surface area (Å²) in [5.74, 6) is -3.12. The maximum atomic E-state index is 14.0. The zero-order valence-corrected chi connectivity index (χ0v) is 21.7. The number of nitrogens with zero attached hydrogens (tertiary/aromatic N) is 5. The summed E-state index contributed by atoms with van der Waals surface area (Å²) >= 11 is 0. The summed E-state index contributed by atoms with van der Waals surface area (Å²) in [6, 6.07) is 5.98. The molecule has 0 bridgehead atoms. The number of aromatic nitrogens is 4. The van der Waals surface area contributed by atoms with Crippen LogP contribution in [0.2, 0.25) is 0 Å². The molecule has 2 atom stereocenters. The van der Waals surface area contributed by atoms with Gasteiger partial charge in [-0.25, -0.2) is 18.3 Å². The first-order chi connectivity index (χ1) is 18.8. The highest BCUT2D eigenvalue weighted by Crippen LogP contribution is 2.42. The van der Waals surface area contributed by atoms with Gasteiger partial charge in [-0.15, -0.1) is 0 Å². The topological polar surface area (TPSA) is 125 Å². The van der Waals surface area contributed by atoms with E-state index in [0.717, 1.165) is 24.8 Å². The Morgan fingerprint density at radius 2 is 1.90 bits per heavy atom. The van der Waals surface area contributed by atoms with Crippen LogP contribution in [0, 0.1) is 23.2 Å². The van der Waals surface area contributed by atoms with Gasteiger partial charge in [0.25, 0.3) is 5.91 Å². The van der Waals surface area contributed by atoms with E-state index < -0.39 is 17.9 Å². The summed E-state index contributed by atoms with van der Waals surface area (Å²) in [6.45, 7) is 1.96. The lowest BCUT2D eigenvalue weighted by molar-refractivity contribution is -0.122. The largest absolute Gasteiger partial charge is 0.349 e. The third-order valence-corrected chi connectivity index (χ3v) is 7.57. The zero-order valence-electron chi connectivity index (χ0n) is 21.7. The minimum Gasteiger partial charge on any atom is -0.349 e. The van der Waals surface area contributed by atoms with Gasteiger partial charge in [-0.05, 0) is 67.7 Å². The number of imidazole rings is 1. The molecule has 0 radical (unpaired) electrons. The molecule has 0 aromatic carbocycles. The predicted octanol–water partition coefficient (Wildman–Crippen LogP) is 4.66. The molecule has 11 heteroatoms. The van der Waals surface area contributed by atoms with Gasteiger partial charge in [0.1, 0.15) is 5.69 Å². The Hall–Kier alpha value is -3.94. The Morgan fingerprint density at radius 3 is 2.59 bits per heavy atom. The van der Waals surface area contributed by atoms with E-state index in [9.17, 15) is 23.6 Å². The van der Waals surface area contributed by atoms with Crippen molar-refractivity contribution in [3.63, 3.8) is 0 Å². The fourth-order valence-corrected chi connectivity index (χ4v) is 5.27. The van der Waals surface area contributed by atoms with Gasteiger partial charge in [-0.1, -0.05) is 6.92 Å². The number of carbonyl (C=O) groups is 2. The number of carbonyl (C=O) groups excluding carboxylic acids is 2. The molecule has 0 spiro atoms. The van der Waals surface area contributed by atoms with E-state index in [2.05, 4.69) is 20.7 Å². The summed E-state index contributed by atoms with van der Waals surface area (Å²) in [7, 11) is 0. The molecule has 3 heterocycles. The molecule has 2 aliphatic rings. The number of fused-ring (bicyclic) bond motifs is 1. The van der Waals surface area contributed by atoms with E-state index in [-0.39, 0.29) is 49.2 Å². The number of pyridine rings is 1. The summed E-state index contributed by atoms with van der Waals surface area (Å²) in [5.41, 5.74) is 2.28. The number of nitrogens with one attached hydrogen (secondary N) is 2. The first kappa shape index (κ1) is 26.7. The molecule has 3 aromatic rings. The molecule has 2 aliphatic carbocycles. The van der Waals surface area contributed by atoms with Crippen molar-refractivity contribution in [3.05, 3.63) is 59.3 Å². The molecular weight excluding hydrogens is 504 g/mol. The molecule has 0 saturated heterocycles. The number of amides is 2. The van der Waals surface area contributed by atoms with Crippen molar-refractivity contribution < 1.29 is 18.4 Å². The summed E-state index contributed by atoms with van der Waals surface area (Å²) < 4.78 is 29.5. The van der Waals surface area contributed by atoms with Gasteiger partial charge in [0, 0.05) is 25.5 Å². The van der Waals surface area contributed by atoms with E-state index >= 15 is 0 Å². The lowest BCUT2D eigenvalue weighted by atomic mass is 9.81. The highest BCUT2D eigenvalue weighted by Gasteiger charge is 2.39. The van der Waals surface area contributed by atoms with Crippen molar-refractivity contribution in [1.82, 2.24) is 30.2 Å². The van der Waals surface area contributed by atoms with Crippen LogP contribution in [0.1, 0.15) is 97.7 Å². The number of nitriles is 1. The molecule has 0 unspecified atom stereocenters. The third kappa shape index (κ3) is 6.21. The van der Waals surface area contributed by atoms with Crippen molar-refractivity contribution in [2.24, 2.45) is 11.8 Å². The van der Waals surface area contributed by atoms with Gasteiger partial charge in [0.05, 0.1) is 41.8 Å². The van der Waals surface area contributed by atoms with Crippen molar-refractivity contribution in [3.8, 4) is 6.07 Å². The number of halogens is 2. The SMILES string of the molecule is CCCC(=O)N[C@@H](c1cnn2cc([C@@H](NC(=O)c3cc(C#N)ccn3)C3CCC(F)(F)CC3)nc2c1)C1CC1. The fraction of sp³-hybridized carbons (Fsp3) is 0.500. The number of hydrogen-bond donors (Lipinski definition) is 2. The Bertz CT molecular complexity index is 1400. The first-order valence-corrected chi connectivity index (χ1v) is 13.5. The van der Waals surface area contributed by atoms with E-state index in [0.29, 0.717) is 29.2 Å². The minimum absolute atomic E-state index is 0.00394. The lowest BCUT2D eigenvalue weighted by Gasteiger charge is -2.33. The summed E-state index contributed by atoms with van der Waals surface area (Å²) in [5, 5.41) is 19.8. The zero-order chi connectivity index (χ0) is 27.6. The van der Waals surface area contributed by atoms with Crippen LogP contribution < -0.4 is 10.6 Å². The van der Waals surface area contributed by atoms with Crippen molar-refractivity contribution in [2.75, 3.05) is 0 Å². The average Bonchev–Trinajstić information content (AvgIpc) is 3.68. The molecule has 2 saturated carbocycles. The maximum Gasteiger partial charge on any atom is 0.270 e. The Morgan fingerprint density at radius 1 is 1.15 bits per heavy atom. The fourth-order valence-electron chi connectivity index (χ4n) is 5.27. The van der Waals surface area contributed by atoms with Crippen LogP contribution in [-0.4, -0.2) is 37.3 Å².